The van der Waals surface area contributed by atoms with Crippen LogP contribution >= 0.6 is 17.9 Å². The Morgan fingerprint density at radius 2 is 1.75 bits per heavy atom. The van der Waals surface area contributed by atoms with Crippen molar-refractivity contribution in [3.05, 3.63) is 29.3 Å². The summed E-state index contributed by atoms with van der Waals surface area (Å²) in [6.07, 6.45) is 1.71. The standard InChI is InChI=1S/C10H15O2PS2.Sn.2H/c1-3-8-6-5-7-9(4-2)10(8)12-13(11,14)15;;;/h5-7H,3-4H2,1-2H3,(H2,11,14,15);;;. The molecule has 0 amide bonds. The number of hydrogen-bond donors (Lipinski definition) is 2. The van der Waals surface area contributed by atoms with E-state index in [2.05, 4.69) is 12.2 Å². The van der Waals surface area contributed by atoms with E-state index in [0.29, 0.717) is 5.75 Å². The maximum absolute atomic E-state index is 9.48. The molecular formula is C10H17O2PS2Sn. The van der Waals surface area contributed by atoms with E-state index >= 15 is 0 Å². The molecule has 0 heterocycles. The van der Waals surface area contributed by atoms with Gasteiger partial charge in [0.05, 0.1) is 0 Å². The molecule has 6 heteroatoms. The molecule has 1 unspecified atom stereocenters. The summed E-state index contributed by atoms with van der Waals surface area (Å²) in [4.78, 5) is 9.48. The van der Waals surface area contributed by atoms with Crippen LogP contribution < -0.4 is 4.52 Å². The molecule has 1 N–H and O–H groups in total. The molecule has 0 saturated carbocycles. The van der Waals surface area contributed by atoms with Gasteiger partial charge < -0.3 is 9.42 Å². The number of hydrogen-bond acceptors (Lipinski definition) is 2. The van der Waals surface area contributed by atoms with Gasteiger partial charge in [0, 0.05) is 0 Å². The van der Waals surface area contributed by atoms with Crippen molar-refractivity contribution in [1.29, 1.82) is 0 Å². The number of benzene rings is 1. The van der Waals surface area contributed by atoms with Gasteiger partial charge in [-0.25, -0.2) is 0 Å². The first-order valence-electron chi connectivity index (χ1n) is 4.83. The SMILES string of the molecule is CCc1cccc(CC)c1OP(O)(=S)S.[SnH2]. The van der Waals surface area contributed by atoms with Gasteiger partial charge in [0.15, 0.2) is 0 Å². The van der Waals surface area contributed by atoms with Crippen LogP contribution in [-0.4, -0.2) is 28.8 Å². The normalized spacial score (nSPS) is 13.8. The first-order valence-corrected chi connectivity index (χ1v) is 8.66. The predicted molar refractivity (Wildman–Crippen MR) is 79.9 cm³/mol. The Labute approximate surface area is 124 Å². The topological polar surface area (TPSA) is 29.5 Å². The number of para-hydroxylation sites is 1. The van der Waals surface area contributed by atoms with Crippen molar-refractivity contribution in [2.45, 2.75) is 26.7 Å². The molecule has 0 aliphatic heterocycles. The molecule has 16 heavy (non-hydrogen) atoms. The predicted octanol–water partition coefficient (Wildman–Crippen LogP) is 2.42. The van der Waals surface area contributed by atoms with E-state index in [-0.39, 0.29) is 23.9 Å². The molecule has 2 nitrogen and oxygen atoms in total. The van der Waals surface area contributed by atoms with Crippen molar-refractivity contribution in [1.82, 2.24) is 0 Å². The number of rotatable bonds is 4. The van der Waals surface area contributed by atoms with Crippen molar-refractivity contribution >= 4 is 53.7 Å². The van der Waals surface area contributed by atoms with Gasteiger partial charge in [0.2, 0.25) is 0 Å². The van der Waals surface area contributed by atoms with Crippen molar-refractivity contribution < 1.29 is 9.42 Å². The van der Waals surface area contributed by atoms with E-state index in [1.165, 1.54) is 0 Å². The third-order valence-corrected chi connectivity index (χ3v) is 3.04. The summed E-state index contributed by atoms with van der Waals surface area (Å²) in [5, 5.41) is 0. The molecule has 0 aliphatic rings. The zero-order chi connectivity index (χ0) is 11.5. The van der Waals surface area contributed by atoms with E-state index in [1.807, 2.05) is 32.0 Å². The Bertz CT molecular complexity index is 370. The minimum atomic E-state index is -2.94. The molecule has 0 fully saturated rings. The van der Waals surface area contributed by atoms with E-state index in [4.69, 9.17) is 16.3 Å². The van der Waals surface area contributed by atoms with Crippen LogP contribution in [0.2, 0.25) is 0 Å². The van der Waals surface area contributed by atoms with Crippen LogP contribution in [0.3, 0.4) is 0 Å². The summed E-state index contributed by atoms with van der Waals surface area (Å²) in [7, 11) is 0. The summed E-state index contributed by atoms with van der Waals surface area (Å²) in [5.74, 6) is 0.711. The van der Waals surface area contributed by atoms with Crippen molar-refractivity contribution in [2.75, 3.05) is 0 Å². The molecule has 1 aromatic carbocycles. The first kappa shape index (κ1) is 16.8. The molecule has 0 aliphatic carbocycles. The molecule has 1 rings (SSSR count). The van der Waals surface area contributed by atoms with Gasteiger partial charge in [0.25, 0.3) is 5.69 Å². The monoisotopic (exact) mass is 384 g/mol. The van der Waals surface area contributed by atoms with Gasteiger partial charge in [-0.3, -0.25) is 0 Å². The van der Waals surface area contributed by atoms with Crippen LogP contribution in [0.25, 0.3) is 0 Å². The van der Waals surface area contributed by atoms with Crippen molar-refractivity contribution in [3.63, 3.8) is 0 Å². The molecule has 0 aromatic heterocycles. The fourth-order valence-electron chi connectivity index (χ4n) is 1.43. The van der Waals surface area contributed by atoms with Crippen LogP contribution in [0.4, 0.5) is 0 Å². The second kappa shape index (κ2) is 7.27. The molecule has 1 atom stereocenters. The third kappa shape index (κ3) is 4.96. The van der Waals surface area contributed by atoms with Gasteiger partial charge >= 0.3 is 23.9 Å². The Morgan fingerprint density at radius 1 is 1.31 bits per heavy atom. The second-order valence-corrected chi connectivity index (χ2v) is 8.28. The Kier molecular flexibility index (Phi) is 7.62. The average molecular weight is 383 g/mol. The van der Waals surface area contributed by atoms with Gasteiger partial charge in [-0.05, 0) is 35.8 Å². The van der Waals surface area contributed by atoms with Crippen LogP contribution in [0.5, 0.6) is 5.75 Å². The van der Waals surface area contributed by atoms with Gasteiger partial charge in [0.1, 0.15) is 5.75 Å². The van der Waals surface area contributed by atoms with Crippen molar-refractivity contribution in [2.24, 2.45) is 0 Å². The molecule has 90 valence electrons. The maximum atomic E-state index is 9.48. The van der Waals surface area contributed by atoms with E-state index in [9.17, 15) is 4.89 Å². The molecule has 0 spiro atoms. The number of thiol groups is 1. The quantitative estimate of drug-likeness (QED) is 0.476. The Hall–Kier alpha value is 0.779. The Morgan fingerprint density at radius 3 is 2.06 bits per heavy atom. The minimum absolute atomic E-state index is 0. The summed E-state index contributed by atoms with van der Waals surface area (Å²) < 4.78 is 5.39. The van der Waals surface area contributed by atoms with E-state index in [1.54, 1.807) is 0 Å². The summed E-state index contributed by atoms with van der Waals surface area (Å²) in [6, 6.07) is 5.95. The van der Waals surface area contributed by atoms with Crippen LogP contribution in [0.15, 0.2) is 18.2 Å². The molecule has 0 saturated heterocycles. The van der Waals surface area contributed by atoms with Crippen LogP contribution in [-0.2, 0) is 24.6 Å². The average Bonchev–Trinajstić information content (AvgIpc) is 2.16. The summed E-state index contributed by atoms with van der Waals surface area (Å²) >= 11 is 8.69. The van der Waals surface area contributed by atoms with E-state index < -0.39 is 5.69 Å². The molecular weight excluding hydrogens is 366 g/mol. The Balaban J connectivity index is 0.00000225. The summed E-state index contributed by atoms with van der Waals surface area (Å²) in [6.45, 7) is 4.09. The molecule has 1 aromatic rings. The second-order valence-electron chi connectivity index (χ2n) is 3.19. The fourth-order valence-corrected chi connectivity index (χ4v) is 2.37. The molecule has 2 radical (unpaired) electrons. The summed E-state index contributed by atoms with van der Waals surface area (Å²) in [5.41, 5.74) is -0.817. The van der Waals surface area contributed by atoms with Gasteiger partial charge in [-0.2, -0.15) is 0 Å². The first-order chi connectivity index (χ1) is 6.98. The van der Waals surface area contributed by atoms with Crippen LogP contribution in [0.1, 0.15) is 25.0 Å². The van der Waals surface area contributed by atoms with E-state index in [0.717, 1.165) is 24.0 Å². The van der Waals surface area contributed by atoms with Gasteiger partial charge in [-0.15, -0.1) is 0 Å². The fraction of sp³-hybridized carbons (Fsp3) is 0.400. The van der Waals surface area contributed by atoms with Gasteiger partial charge in [-0.1, -0.05) is 44.3 Å². The third-order valence-electron chi connectivity index (χ3n) is 2.15. The van der Waals surface area contributed by atoms with Crippen LogP contribution in [0, 0.1) is 0 Å². The number of aryl methyl sites for hydroxylation is 2. The zero-order valence-corrected chi connectivity index (χ0v) is 16.2. The van der Waals surface area contributed by atoms with Crippen molar-refractivity contribution in [3.8, 4) is 5.75 Å². The molecule has 0 bridgehead atoms. The zero-order valence-electron chi connectivity index (χ0n) is 9.51.